The molecule has 0 aromatic heterocycles. The summed E-state index contributed by atoms with van der Waals surface area (Å²) in [6, 6.07) is 5.55. The summed E-state index contributed by atoms with van der Waals surface area (Å²) in [7, 11) is 0. The summed E-state index contributed by atoms with van der Waals surface area (Å²) < 4.78 is 0. The minimum absolute atomic E-state index is 0.0720. The van der Waals surface area contributed by atoms with E-state index >= 15 is 0 Å². The van der Waals surface area contributed by atoms with E-state index in [9.17, 15) is 9.59 Å². The van der Waals surface area contributed by atoms with Crippen molar-refractivity contribution in [3.63, 3.8) is 0 Å². The first-order chi connectivity index (χ1) is 10.1. The number of benzene rings is 1. The van der Waals surface area contributed by atoms with Gasteiger partial charge in [-0.15, -0.1) is 0 Å². The topological polar surface area (TPSA) is 70.2 Å². The Morgan fingerprint density at radius 1 is 1.19 bits per heavy atom. The van der Waals surface area contributed by atoms with Crippen LogP contribution in [-0.4, -0.2) is 24.9 Å². The summed E-state index contributed by atoms with van der Waals surface area (Å²) in [4.78, 5) is 23.7. The number of carbonyl (C=O) groups excluding carboxylic acids is 2. The number of anilines is 2. The van der Waals surface area contributed by atoms with Crippen LogP contribution in [-0.2, 0) is 9.59 Å². The molecule has 0 aliphatic heterocycles. The molecule has 1 saturated carbocycles. The molecular formula is C16H23N3O2. The fraction of sp³-hybridized carbons (Fsp3) is 0.500. The third-order valence-electron chi connectivity index (χ3n) is 3.53. The van der Waals surface area contributed by atoms with Gasteiger partial charge in [0.1, 0.15) is 0 Å². The standard InChI is InChI=1S/C16H23N3O2/c1-3-9-17-10-15(20)18-13-5-4-6-14(11(13)2)19-16(21)12-7-8-12/h4-6,12,17H,3,7-10H2,1-2H3,(H,18,20)(H,19,21). The SMILES string of the molecule is CCCNCC(=O)Nc1cccc(NC(=O)C2CC2)c1C. The molecule has 0 atom stereocenters. The molecule has 5 heteroatoms. The van der Waals surface area contributed by atoms with Gasteiger partial charge in [-0.05, 0) is 50.4 Å². The Morgan fingerprint density at radius 3 is 2.48 bits per heavy atom. The highest BCUT2D eigenvalue weighted by Gasteiger charge is 2.29. The molecule has 0 saturated heterocycles. The first kappa shape index (κ1) is 15.5. The second-order valence-electron chi connectivity index (χ2n) is 5.47. The first-order valence-corrected chi connectivity index (χ1v) is 7.53. The lowest BCUT2D eigenvalue weighted by Gasteiger charge is -2.13. The van der Waals surface area contributed by atoms with Crippen LogP contribution in [0.25, 0.3) is 0 Å². The molecule has 1 aromatic rings. The second kappa shape index (κ2) is 7.22. The number of amides is 2. The van der Waals surface area contributed by atoms with E-state index in [1.165, 1.54) is 0 Å². The zero-order chi connectivity index (χ0) is 15.2. The lowest BCUT2D eigenvalue weighted by molar-refractivity contribution is -0.117. The Labute approximate surface area is 125 Å². The highest BCUT2D eigenvalue weighted by atomic mass is 16.2. The average Bonchev–Trinajstić information content (AvgIpc) is 3.28. The Morgan fingerprint density at radius 2 is 1.86 bits per heavy atom. The lowest BCUT2D eigenvalue weighted by atomic mass is 10.1. The molecule has 0 heterocycles. The van der Waals surface area contributed by atoms with Gasteiger partial charge in [0.2, 0.25) is 11.8 Å². The second-order valence-corrected chi connectivity index (χ2v) is 5.47. The van der Waals surface area contributed by atoms with Crippen molar-refractivity contribution in [1.82, 2.24) is 5.32 Å². The molecule has 21 heavy (non-hydrogen) atoms. The number of hydrogen-bond acceptors (Lipinski definition) is 3. The maximum Gasteiger partial charge on any atom is 0.238 e. The van der Waals surface area contributed by atoms with Crippen molar-refractivity contribution in [2.24, 2.45) is 5.92 Å². The van der Waals surface area contributed by atoms with Gasteiger partial charge in [0.15, 0.2) is 0 Å². The average molecular weight is 289 g/mol. The smallest absolute Gasteiger partial charge is 0.238 e. The monoisotopic (exact) mass is 289 g/mol. The molecule has 1 aliphatic rings. The zero-order valence-electron chi connectivity index (χ0n) is 12.7. The van der Waals surface area contributed by atoms with Crippen molar-refractivity contribution < 1.29 is 9.59 Å². The summed E-state index contributed by atoms with van der Waals surface area (Å²) in [5, 5.41) is 8.87. The Hall–Kier alpha value is -1.88. The zero-order valence-corrected chi connectivity index (χ0v) is 12.7. The van der Waals surface area contributed by atoms with E-state index in [0.717, 1.165) is 42.7 Å². The van der Waals surface area contributed by atoms with Crippen LogP contribution in [0.1, 0.15) is 31.7 Å². The number of carbonyl (C=O) groups is 2. The fourth-order valence-electron chi connectivity index (χ4n) is 2.06. The molecule has 1 fully saturated rings. The normalized spacial score (nSPS) is 13.8. The molecule has 5 nitrogen and oxygen atoms in total. The largest absolute Gasteiger partial charge is 0.326 e. The minimum atomic E-state index is -0.0720. The van der Waals surface area contributed by atoms with E-state index in [1.54, 1.807) is 0 Å². The van der Waals surface area contributed by atoms with Crippen LogP contribution in [0.3, 0.4) is 0 Å². The Balaban J connectivity index is 1.96. The molecule has 114 valence electrons. The Bertz CT molecular complexity index is 524. The summed E-state index contributed by atoms with van der Waals surface area (Å²) in [5.41, 5.74) is 2.40. The van der Waals surface area contributed by atoms with Crippen LogP contribution in [0, 0.1) is 12.8 Å². The first-order valence-electron chi connectivity index (χ1n) is 7.53. The molecule has 3 N–H and O–H groups in total. The van der Waals surface area contributed by atoms with Crippen LogP contribution in [0.5, 0.6) is 0 Å². The predicted molar refractivity (Wildman–Crippen MR) is 84.3 cm³/mol. The van der Waals surface area contributed by atoms with Gasteiger partial charge in [-0.2, -0.15) is 0 Å². The van der Waals surface area contributed by atoms with Gasteiger partial charge in [0.25, 0.3) is 0 Å². The molecule has 1 aromatic carbocycles. The molecule has 1 aliphatic carbocycles. The Kier molecular flexibility index (Phi) is 5.33. The molecule has 2 amide bonds. The third-order valence-corrected chi connectivity index (χ3v) is 3.53. The lowest BCUT2D eigenvalue weighted by Crippen LogP contribution is -2.28. The highest BCUT2D eigenvalue weighted by Crippen LogP contribution is 2.31. The molecule has 0 spiro atoms. The van der Waals surface area contributed by atoms with Crippen molar-refractivity contribution >= 4 is 23.2 Å². The van der Waals surface area contributed by atoms with Gasteiger partial charge in [-0.1, -0.05) is 13.0 Å². The van der Waals surface area contributed by atoms with E-state index in [-0.39, 0.29) is 17.7 Å². The molecule has 0 radical (unpaired) electrons. The van der Waals surface area contributed by atoms with E-state index in [2.05, 4.69) is 22.9 Å². The van der Waals surface area contributed by atoms with Crippen LogP contribution in [0.4, 0.5) is 11.4 Å². The van der Waals surface area contributed by atoms with Gasteiger partial charge in [0, 0.05) is 17.3 Å². The van der Waals surface area contributed by atoms with Crippen LogP contribution < -0.4 is 16.0 Å². The molecule has 0 unspecified atom stereocenters. The summed E-state index contributed by atoms with van der Waals surface area (Å²) in [6.45, 7) is 5.08. The van der Waals surface area contributed by atoms with Crippen molar-refractivity contribution in [2.75, 3.05) is 23.7 Å². The summed E-state index contributed by atoms with van der Waals surface area (Å²) in [5.74, 6) is 0.171. The van der Waals surface area contributed by atoms with Gasteiger partial charge in [-0.25, -0.2) is 0 Å². The van der Waals surface area contributed by atoms with E-state index in [1.807, 2.05) is 25.1 Å². The fourth-order valence-corrected chi connectivity index (χ4v) is 2.06. The predicted octanol–water partition coefficient (Wildman–Crippen LogP) is 2.28. The molecule has 0 bridgehead atoms. The number of rotatable bonds is 7. The van der Waals surface area contributed by atoms with Crippen molar-refractivity contribution in [1.29, 1.82) is 0 Å². The third kappa shape index (κ3) is 4.56. The minimum Gasteiger partial charge on any atom is -0.326 e. The molecule has 2 rings (SSSR count). The van der Waals surface area contributed by atoms with E-state index in [4.69, 9.17) is 0 Å². The van der Waals surface area contributed by atoms with Gasteiger partial charge in [0.05, 0.1) is 6.54 Å². The summed E-state index contributed by atoms with van der Waals surface area (Å²) >= 11 is 0. The van der Waals surface area contributed by atoms with Crippen LogP contribution in [0.15, 0.2) is 18.2 Å². The number of nitrogens with one attached hydrogen (secondary N) is 3. The quantitative estimate of drug-likeness (QED) is 0.674. The van der Waals surface area contributed by atoms with Gasteiger partial charge >= 0.3 is 0 Å². The molecular weight excluding hydrogens is 266 g/mol. The van der Waals surface area contributed by atoms with Crippen molar-refractivity contribution in [2.45, 2.75) is 33.1 Å². The van der Waals surface area contributed by atoms with E-state index < -0.39 is 0 Å². The maximum absolute atomic E-state index is 11.8. The van der Waals surface area contributed by atoms with Crippen molar-refractivity contribution in [3.8, 4) is 0 Å². The van der Waals surface area contributed by atoms with Crippen molar-refractivity contribution in [3.05, 3.63) is 23.8 Å². The summed E-state index contributed by atoms with van der Waals surface area (Å²) in [6.07, 6.45) is 2.95. The number of hydrogen-bond donors (Lipinski definition) is 3. The maximum atomic E-state index is 11.8. The highest BCUT2D eigenvalue weighted by molar-refractivity contribution is 5.97. The van der Waals surface area contributed by atoms with E-state index in [0.29, 0.717) is 6.54 Å². The van der Waals surface area contributed by atoms with Crippen LogP contribution >= 0.6 is 0 Å². The van der Waals surface area contributed by atoms with Gasteiger partial charge < -0.3 is 16.0 Å². The van der Waals surface area contributed by atoms with Crippen LogP contribution in [0.2, 0.25) is 0 Å². The van der Waals surface area contributed by atoms with Gasteiger partial charge in [-0.3, -0.25) is 9.59 Å².